The average molecular weight is 298 g/mol. The van der Waals surface area contributed by atoms with Gasteiger partial charge >= 0.3 is 6.03 Å². The summed E-state index contributed by atoms with van der Waals surface area (Å²) in [5, 5.41) is 2.90. The summed E-state index contributed by atoms with van der Waals surface area (Å²) in [6.45, 7) is 5.09. The first-order valence-corrected chi connectivity index (χ1v) is 7.40. The molecule has 0 heterocycles. The topological polar surface area (TPSA) is 41.6 Å². The van der Waals surface area contributed by atoms with Crippen LogP contribution in [0.3, 0.4) is 0 Å². The van der Waals surface area contributed by atoms with Gasteiger partial charge < -0.3 is 15.0 Å². The first-order valence-electron chi connectivity index (χ1n) is 7.40. The van der Waals surface area contributed by atoms with Crippen LogP contribution in [0.1, 0.15) is 18.1 Å². The molecule has 0 aliphatic heterocycles. The van der Waals surface area contributed by atoms with Crippen LogP contribution >= 0.6 is 0 Å². The minimum absolute atomic E-state index is 0.157. The van der Waals surface area contributed by atoms with E-state index >= 15 is 0 Å². The van der Waals surface area contributed by atoms with E-state index in [0.717, 1.165) is 5.56 Å². The third-order valence-electron chi connectivity index (χ3n) is 3.44. The quantitative estimate of drug-likeness (QED) is 0.904. The number of urea groups is 1. The van der Waals surface area contributed by atoms with E-state index < -0.39 is 0 Å². The van der Waals surface area contributed by atoms with Crippen molar-refractivity contribution in [2.75, 3.05) is 19.0 Å². The molecular formula is C18H22N2O2. The standard InChI is InChI=1S/C18H22N2O2/c1-4-22-17-12-8-7-11-16(17)19-18(21)20(3)13-15-10-6-5-9-14(15)2/h5-12H,4,13H2,1-3H3,(H,19,21). The lowest BCUT2D eigenvalue weighted by atomic mass is 10.1. The van der Waals surface area contributed by atoms with Crippen LogP contribution in [0, 0.1) is 6.92 Å². The molecule has 2 aromatic carbocycles. The number of carbonyl (C=O) groups excluding carboxylic acids is 1. The van der Waals surface area contributed by atoms with Gasteiger partial charge in [-0.25, -0.2) is 4.79 Å². The van der Waals surface area contributed by atoms with Crippen molar-refractivity contribution in [1.29, 1.82) is 0 Å². The third-order valence-corrected chi connectivity index (χ3v) is 3.44. The minimum Gasteiger partial charge on any atom is -0.492 e. The van der Waals surface area contributed by atoms with Gasteiger partial charge in [0.25, 0.3) is 0 Å². The van der Waals surface area contributed by atoms with Crippen LogP contribution in [0.4, 0.5) is 10.5 Å². The first-order chi connectivity index (χ1) is 10.6. The highest BCUT2D eigenvalue weighted by Gasteiger charge is 2.12. The van der Waals surface area contributed by atoms with Crippen LogP contribution in [-0.2, 0) is 6.54 Å². The largest absolute Gasteiger partial charge is 0.492 e. The number of amides is 2. The summed E-state index contributed by atoms with van der Waals surface area (Å²) in [5.74, 6) is 0.683. The molecule has 2 amide bonds. The van der Waals surface area contributed by atoms with Crippen LogP contribution in [-0.4, -0.2) is 24.6 Å². The number of nitrogens with zero attached hydrogens (tertiary/aromatic N) is 1. The number of nitrogens with one attached hydrogen (secondary N) is 1. The number of anilines is 1. The Morgan fingerprint density at radius 1 is 1.14 bits per heavy atom. The lowest BCUT2D eigenvalue weighted by molar-refractivity contribution is 0.220. The second-order valence-corrected chi connectivity index (χ2v) is 5.14. The number of aryl methyl sites for hydroxylation is 1. The van der Waals surface area contributed by atoms with Gasteiger partial charge in [-0.05, 0) is 37.1 Å². The van der Waals surface area contributed by atoms with Crippen molar-refractivity contribution in [3.63, 3.8) is 0 Å². The molecule has 0 aliphatic rings. The van der Waals surface area contributed by atoms with Crippen molar-refractivity contribution < 1.29 is 9.53 Å². The molecule has 0 atom stereocenters. The minimum atomic E-state index is -0.157. The lowest BCUT2D eigenvalue weighted by Gasteiger charge is -2.20. The number of hydrogen-bond donors (Lipinski definition) is 1. The molecule has 22 heavy (non-hydrogen) atoms. The molecule has 0 saturated carbocycles. The molecule has 0 aromatic heterocycles. The SMILES string of the molecule is CCOc1ccccc1NC(=O)N(C)Cc1ccccc1C. The molecule has 0 fully saturated rings. The van der Waals surface area contributed by atoms with Gasteiger partial charge in [0.15, 0.2) is 0 Å². The van der Waals surface area contributed by atoms with E-state index in [9.17, 15) is 4.79 Å². The van der Waals surface area contributed by atoms with Gasteiger partial charge in [-0.1, -0.05) is 36.4 Å². The van der Waals surface area contributed by atoms with Crippen molar-refractivity contribution in [2.45, 2.75) is 20.4 Å². The summed E-state index contributed by atoms with van der Waals surface area (Å²) >= 11 is 0. The van der Waals surface area contributed by atoms with Crippen molar-refractivity contribution in [3.8, 4) is 5.75 Å². The van der Waals surface area contributed by atoms with Gasteiger partial charge in [-0.15, -0.1) is 0 Å². The lowest BCUT2D eigenvalue weighted by Crippen LogP contribution is -2.31. The predicted molar refractivity (Wildman–Crippen MR) is 89.3 cm³/mol. The molecule has 116 valence electrons. The van der Waals surface area contributed by atoms with E-state index in [1.54, 1.807) is 11.9 Å². The van der Waals surface area contributed by atoms with Gasteiger partial charge in [0.1, 0.15) is 5.75 Å². The highest BCUT2D eigenvalue weighted by atomic mass is 16.5. The fourth-order valence-electron chi connectivity index (χ4n) is 2.18. The second kappa shape index (κ2) is 7.50. The van der Waals surface area contributed by atoms with E-state index in [2.05, 4.69) is 5.32 Å². The van der Waals surface area contributed by atoms with Crippen molar-refractivity contribution in [3.05, 3.63) is 59.7 Å². The van der Waals surface area contributed by atoms with E-state index in [1.807, 2.05) is 62.4 Å². The Morgan fingerprint density at radius 2 is 1.82 bits per heavy atom. The van der Waals surface area contributed by atoms with E-state index in [4.69, 9.17) is 4.74 Å². The molecule has 4 heteroatoms. The highest BCUT2D eigenvalue weighted by Crippen LogP contribution is 2.24. The molecule has 0 spiro atoms. The average Bonchev–Trinajstić information content (AvgIpc) is 2.51. The number of para-hydroxylation sites is 2. The highest BCUT2D eigenvalue weighted by molar-refractivity contribution is 5.90. The van der Waals surface area contributed by atoms with Gasteiger partial charge in [-0.3, -0.25) is 0 Å². The Hall–Kier alpha value is -2.49. The predicted octanol–water partition coefficient (Wildman–Crippen LogP) is 4.06. The zero-order valence-electron chi connectivity index (χ0n) is 13.3. The molecule has 2 aromatic rings. The Labute approximate surface area is 131 Å². The summed E-state index contributed by atoms with van der Waals surface area (Å²) in [5.41, 5.74) is 3.00. The summed E-state index contributed by atoms with van der Waals surface area (Å²) in [6.07, 6.45) is 0. The fourth-order valence-corrected chi connectivity index (χ4v) is 2.18. The number of ether oxygens (including phenoxy) is 1. The van der Waals surface area contributed by atoms with Gasteiger partial charge in [-0.2, -0.15) is 0 Å². The van der Waals surface area contributed by atoms with E-state index in [1.165, 1.54) is 5.56 Å². The van der Waals surface area contributed by atoms with Crippen LogP contribution in [0.15, 0.2) is 48.5 Å². The maximum absolute atomic E-state index is 12.3. The monoisotopic (exact) mass is 298 g/mol. The van der Waals surface area contributed by atoms with Gasteiger partial charge in [0.05, 0.1) is 12.3 Å². The molecule has 0 bridgehead atoms. The molecule has 1 N–H and O–H groups in total. The van der Waals surface area contributed by atoms with Crippen molar-refractivity contribution >= 4 is 11.7 Å². The third kappa shape index (κ3) is 4.01. The smallest absolute Gasteiger partial charge is 0.321 e. The second-order valence-electron chi connectivity index (χ2n) is 5.14. The molecule has 0 radical (unpaired) electrons. The number of carbonyl (C=O) groups is 1. The Kier molecular flexibility index (Phi) is 5.42. The summed E-state index contributed by atoms with van der Waals surface area (Å²) in [7, 11) is 1.78. The molecule has 0 unspecified atom stereocenters. The summed E-state index contributed by atoms with van der Waals surface area (Å²) in [4.78, 5) is 14.0. The summed E-state index contributed by atoms with van der Waals surface area (Å²) < 4.78 is 5.52. The zero-order valence-corrected chi connectivity index (χ0v) is 13.3. The maximum Gasteiger partial charge on any atom is 0.321 e. The fraction of sp³-hybridized carbons (Fsp3) is 0.278. The normalized spacial score (nSPS) is 10.1. The van der Waals surface area contributed by atoms with Gasteiger partial charge in [0, 0.05) is 13.6 Å². The molecule has 2 rings (SSSR count). The Bertz CT molecular complexity index is 640. The number of rotatable bonds is 5. The molecular weight excluding hydrogens is 276 g/mol. The van der Waals surface area contributed by atoms with Crippen LogP contribution < -0.4 is 10.1 Å². The van der Waals surface area contributed by atoms with Crippen molar-refractivity contribution in [1.82, 2.24) is 4.90 Å². The van der Waals surface area contributed by atoms with Crippen LogP contribution in [0.2, 0.25) is 0 Å². The zero-order chi connectivity index (χ0) is 15.9. The first kappa shape index (κ1) is 15.9. The molecule has 0 aliphatic carbocycles. The van der Waals surface area contributed by atoms with Crippen LogP contribution in [0.25, 0.3) is 0 Å². The summed E-state index contributed by atoms with van der Waals surface area (Å²) in [6, 6.07) is 15.4. The van der Waals surface area contributed by atoms with Crippen LogP contribution in [0.5, 0.6) is 5.75 Å². The maximum atomic E-state index is 12.3. The van der Waals surface area contributed by atoms with E-state index in [-0.39, 0.29) is 6.03 Å². The van der Waals surface area contributed by atoms with Crippen molar-refractivity contribution in [2.24, 2.45) is 0 Å². The van der Waals surface area contributed by atoms with E-state index in [0.29, 0.717) is 24.6 Å². The Balaban J connectivity index is 2.04. The Morgan fingerprint density at radius 3 is 2.55 bits per heavy atom. The molecule has 4 nitrogen and oxygen atoms in total. The van der Waals surface area contributed by atoms with Gasteiger partial charge in [0.2, 0.25) is 0 Å². The number of hydrogen-bond acceptors (Lipinski definition) is 2. The number of benzene rings is 2. The molecule has 0 saturated heterocycles.